The van der Waals surface area contributed by atoms with Crippen molar-refractivity contribution < 1.29 is 9.21 Å². The average Bonchev–Trinajstić information content (AvgIpc) is 2.35. The third kappa shape index (κ3) is 2.18. The van der Waals surface area contributed by atoms with Crippen LogP contribution in [0, 0.1) is 12.3 Å². The minimum absolute atomic E-state index is 0.0426. The lowest BCUT2D eigenvalue weighted by Crippen LogP contribution is -2.28. The fourth-order valence-electron chi connectivity index (χ4n) is 1.45. The van der Waals surface area contributed by atoms with Gasteiger partial charge in [0.05, 0.1) is 6.54 Å². The summed E-state index contributed by atoms with van der Waals surface area (Å²) in [7, 11) is 0. The Morgan fingerprint density at radius 2 is 2.18 bits per heavy atom. The van der Waals surface area contributed by atoms with Gasteiger partial charge in [-0.15, -0.1) is 6.42 Å². The van der Waals surface area contributed by atoms with Gasteiger partial charge in [0.15, 0.2) is 0 Å². The molecule has 4 heteroatoms. The van der Waals surface area contributed by atoms with E-state index in [9.17, 15) is 9.59 Å². The van der Waals surface area contributed by atoms with Crippen LogP contribution in [0.3, 0.4) is 0 Å². The first-order chi connectivity index (χ1) is 8.22. The molecule has 0 atom stereocenters. The third-order valence-electron chi connectivity index (χ3n) is 2.24. The number of amides is 1. The van der Waals surface area contributed by atoms with E-state index in [2.05, 4.69) is 11.2 Å². The van der Waals surface area contributed by atoms with Crippen LogP contribution in [-0.4, -0.2) is 12.5 Å². The zero-order valence-electron chi connectivity index (χ0n) is 8.90. The maximum Gasteiger partial charge on any atom is 0.349 e. The highest BCUT2D eigenvalue weighted by Crippen LogP contribution is 2.12. The van der Waals surface area contributed by atoms with E-state index in [1.165, 1.54) is 6.07 Å². The standard InChI is InChI=1S/C13H9NO3/c1-2-7-14-12(15)10-8-9-5-3-4-6-11(9)17-13(10)16/h1,3-6,8H,7H2,(H,14,15). The molecule has 0 saturated heterocycles. The van der Waals surface area contributed by atoms with Crippen molar-refractivity contribution in [3.05, 3.63) is 46.3 Å². The van der Waals surface area contributed by atoms with E-state index >= 15 is 0 Å². The molecule has 0 fully saturated rings. The van der Waals surface area contributed by atoms with E-state index in [1.54, 1.807) is 24.3 Å². The van der Waals surface area contributed by atoms with Crippen molar-refractivity contribution in [3.63, 3.8) is 0 Å². The first-order valence-corrected chi connectivity index (χ1v) is 4.97. The van der Waals surface area contributed by atoms with Crippen LogP contribution in [0.15, 0.2) is 39.5 Å². The predicted octanol–water partition coefficient (Wildman–Crippen LogP) is 1.16. The number of nitrogens with one attached hydrogen (secondary N) is 1. The van der Waals surface area contributed by atoms with Gasteiger partial charge in [0.2, 0.25) is 0 Å². The highest BCUT2D eigenvalue weighted by atomic mass is 16.4. The molecule has 1 aromatic heterocycles. The first kappa shape index (κ1) is 11.0. The smallest absolute Gasteiger partial charge is 0.349 e. The second kappa shape index (κ2) is 4.54. The summed E-state index contributed by atoms with van der Waals surface area (Å²) >= 11 is 0. The number of terminal acetylenes is 1. The number of hydrogen-bond acceptors (Lipinski definition) is 3. The molecule has 0 aliphatic heterocycles. The largest absolute Gasteiger partial charge is 0.422 e. The van der Waals surface area contributed by atoms with Crippen LogP contribution in [0.1, 0.15) is 10.4 Å². The molecule has 1 aromatic carbocycles. The number of carbonyl (C=O) groups excluding carboxylic acids is 1. The van der Waals surface area contributed by atoms with Crippen molar-refractivity contribution in [3.8, 4) is 12.3 Å². The van der Waals surface area contributed by atoms with Crippen LogP contribution in [0.5, 0.6) is 0 Å². The molecule has 2 aromatic rings. The molecule has 2 rings (SSSR count). The molecule has 0 unspecified atom stereocenters. The molecule has 0 radical (unpaired) electrons. The van der Waals surface area contributed by atoms with Crippen molar-refractivity contribution in [2.45, 2.75) is 0 Å². The summed E-state index contributed by atoms with van der Waals surface area (Å²) in [6.45, 7) is 0.0745. The van der Waals surface area contributed by atoms with Crippen LogP contribution in [0.25, 0.3) is 11.0 Å². The summed E-state index contributed by atoms with van der Waals surface area (Å²) in [5, 5.41) is 3.11. The Bertz CT molecular complexity index is 664. The van der Waals surface area contributed by atoms with Gasteiger partial charge in [-0.3, -0.25) is 4.79 Å². The molecule has 0 aliphatic rings. The molecule has 1 N–H and O–H groups in total. The van der Waals surface area contributed by atoms with Crippen LogP contribution < -0.4 is 10.9 Å². The van der Waals surface area contributed by atoms with Crippen LogP contribution in [0.2, 0.25) is 0 Å². The maximum absolute atomic E-state index is 11.6. The van der Waals surface area contributed by atoms with Gasteiger partial charge in [-0.05, 0) is 12.1 Å². The summed E-state index contributed by atoms with van der Waals surface area (Å²) in [6.07, 6.45) is 5.02. The number of fused-ring (bicyclic) bond motifs is 1. The average molecular weight is 227 g/mol. The zero-order valence-corrected chi connectivity index (χ0v) is 8.90. The van der Waals surface area contributed by atoms with Gasteiger partial charge >= 0.3 is 5.63 Å². The number of carbonyl (C=O) groups is 1. The molecule has 0 bridgehead atoms. The van der Waals surface area contributed by atoms with Gasteiger partial charge in [0, 0.05) is 5.39 Å². The van der Waals surface area contributed by atoms with Crippen molar-refractivity contribution >= 4 is 16.9 Å². The Kier molecular flexibility index (Phi) is 2.93. The highest BCUT2D eigenvalue weighted by Gasteiger charge is 2.12. The Hall–Kier alpha value is -2.54. The van der Waals surface area contributed by atoms with Crippen LogP contribution in [0.4, 0.5) is 0 Å². The van der Waals surface area contributed by atoms with Crippen molar-refractivity contribution in [2.75, 3.05) is 6.54 Å². The molecule has 0 aliphatic carbocycles. The number of hydrogen-bond donors (Lipinski definition) is 1. The quantitative estimate of drug-likeness (QED) is 0.618. The van der Waals surface area contributed by atoms with Gasteiger partial charge in [0.1, 0.15) is 11.1 Å². The van der Waals surface area contributed by atoms with Crippen molar-refractivity contribution in [1.29, 1.82) is 0 Å². The molecule has 0 spiro atoms. The van der Waals surface area contributed by atoms with Gasteiger partial charge in [-0.1, -0.05) is 24.1 Å². The molecule has 17 heavy (non-hydrogen) atoms. The van der Waals surface area contributed by atoms with E-state index in [4.69, 9.17) is 10.8 Å². The van der Waals surface area contributed by atoms with Crippen LogP contribution >= 0.6 is 0 Å². The second-order valence-electron chi connectivity index (χ2n) is 3.37. The number of benzene rings is 1. The van der Waals surface area contributed by atoms with Gasteiger partial charge < -0.3 is 9.73 Å². The lowest BCUT2D eigenvalue weighted by Gasteiger charge is -2.01. The van der Waals surface area contributed by atoms with Crippen LogP contribution in [-0.2, 0) is 0 Å². The maximum atomic E-state index is 11.6. The van der Waals surface area contributed by atoms with Gasteiger partial charge in [0.25, 0.3) is 5.91 Å². The SMILES string of the molecule is C#CCNC(=O)c1cc2ccccc2oc1=O. The molecule has 1 amide bonds. The fraction of sp³-hybridized carbons (Fsp3) is 0.0769. The first-order valence-electron chi connectivity index (χ1n) is 4.97. The summed E-state index contributed by atoms with van der Waals surface area (Å²) in [6, 6.07) is 8.47. The monoisotopic (exact) mass is 227 g/mol. The summed E-state index contributed by atoms with van der Waals surface area (Å²) in [5.41, 5.74) is -0.261. The Morgan fingerprint density at radius 1 is 1.41 bits per heavy atom. The Balaban J connectivity index is 2.48. The molecule has 1 heterocycles. The normalized spacial score (nSPS) is 9.82. The molecular weight excluding hydrogens is 218 g/mol. The fourth-order valence-corrected chi connectivity index (χ4v) is 1.45. The molecule has 4 nitrogen and oxygen atoms in total. The highest BCUT2D eigenvalue weighted by molar-refractivity contribution is 5.96. The van der Waals surface area contributed by atoms with E-state index in [0.29, 0.717) is 11.0 Å². The zero-order chi connectivity index (χ0) is 12.3. The van der Waals surface area contributed by atoms with E-state index in [1.807, 2.05) is 0 Å². The minimum Gasteiger partial charge on any atom is -0.422 e. The van der Waals surface area contributed by atoms with Crippen molar-refractivity contribution in [1.82, 2.24) is 5.32 Å². The predicted molar refractivity (Wildman–Crippen MR) is 63.7 cm³/mol. The van der Waals surface area contributed by atoms with E-state index < -0.39 is 11.5 Å². The summed E-state index contributed by atoms with van der Waals surface area (Å²) in [4.78, 5) is 23.2. The third-order valence-corrected chi connectivity index (χ3v) is 2.24. The Morgan fingerprint density at radius 3 is 2.94 bits per heavy atom. The lowest BCUT2D eigenvalue weighted by molar-refractivity contribution is 0.0955. The molecular formula is C13H9NO3. The van der Waals surface area contributed by atoms with E-state index in [-0.39, 0.29) is 12.1 Å². The lowest BCUT2D eigenvalue weighted by atomic mass is 10.2. The molecule has 0 saturated carbocycles. The minimum atomic E-state index is -0.668. The second-order valence-corrected chi connectivity index (χ2v) is 3.37. The Labute approximate surface area is 97.2 Å². The summed E-state index contributed by atoms with van der Waals surface area (Å²) < 4.78 is 5.03. The molecule has 84 valence electrons. The van der Waals surface area contributed by atoms with E-state index in [0.717, 1.165) is 0 Å². The van der Waals surface area contributed by atoms with Gasteiger partial charge in [-0.2, -0.15) is 0 Å². The van der Waals surface area contributed by atoms with Gasteiger partial charge in [-0.25, -0.2) is 4.79 Å². The van der Waals surface area contributed by atoms with Crippen molar-refractivity contribution in [2.24, 2.45) is 0 Å². The topological polar surface area (TPSA) is 59.3 Å². The summed E-state index contributed by atoms with van der Waals surface area (Å²) in [5.74, 6) is 1.73. The number of para-hydroxylation sites is 1. The number of rotatable bonds is 2.